The first kappa shape index (κ1) is 21.4. The Balaban J connectivity index is 0.00000149. The smallest absolute Gasteiger partial charge is 0.406 e. The first-order valence-electron chi connectivity index (χ1n) is 7.61. The predicted molar refractivity (Wildman–Crippen MR) is 92.3 cm³/mol. The molecule has 23 heavy (non-hydrogen) atoms. The van der Waals surface area contributed by atoms with E-state index in [0.29, 0.717) is 18.0 Å². The molecule has 0 radical (unpaired) electrons. The van der Waals surface area contributed by atoms with Gasteiger partial charge in [0.25, 0.3) is 0 Å². The molecule has 0 aromatic heterocycles. The van der Waals surface area contributed by atoms with Gasteiger partial charge in [0.2, 0.25) is 0 Å². The van der Waals surface area contributed by atoms with Crippen molar-refractivity contribution in [1.29, 1.82) is 0 Å². The molecule has 0 aliphatic heterocycles. The molecule has 1 unspecified atom stereocenters. The van der Waals surface area contributed by atoms with Crippen LogP contribution in [0.3, 0.4) is 0 Å². The van der Waals surface area contributed by atoms with E-state index in [1.54, 1.807) is 24.3 Å². The lowest BCUT2D eigenvalue weighted by Gasteiger charge is -2.14. The standard InChI is InChI=1S/C13H20N2O4S.C3H8/c1-10(14-8-9-15-13(16)19-2)11-4-6-12(7-5-11)20(3,17)18;1-3-2/h4-7,10,14H,8-9H2,1-3H3,(H,15,16);3H2,1-2H3. The lowest BCUT2D eigenvalue weighted by molar-refractivity contribution is 0.171. The molecule has 1 atom stereocenters. The molecule has 0 bridgehead atoms. The monoisotopic (exact) mass is 344 g/mol. The maximum Gasteiger partial charge on any atom is 0.406 e. The van der Waals surface area contributed by atoms with Crippen LogP contribution in [0.25, 0.3) is 0 Å². The van der Waals surface area contributed by atoms with Crippen molar-refractivity contribution < 1.29 is 17.9 Å². The van der Waals surface area contributed by atoms with Crippen molar-refractivity contribution in [2.24, 2.45) is 0 Å². The number of sulfone groups is 1. The van der Waals surface area contributed by atoms with Gasteiger partial charge in [0.05, 0.1) is 12.0 Å². The Labute approximate surface area is 139 Å². The summed E-state index contributed by atoms with van der Waals surface area (Å²) in [6.45, 7) is 7.26. The summed E-state index contributed by atoms with van der Waals surface area (Å²) in [6, 6.07) is 6.80. The Morgan fingerprint density at radius 2 is 1.70 bits per heavy atom. The van der Waals surface area contributed by atoms with Crippen molar-refractivity contribution in [3.05, 3.63) is 29.8 Å². The molecule has 6 nitrogen and oxygen atoms in total. The molecular weight excluding hydrogens is 316 g/mol. The first-order chi connectivity index (χ1) is 10.8. The van der Waals surface area contributed by atoms with Crippen molar-refractivity contribution in [1.82, 2.24) is 10.6 Å². The number of carbonyl (C=O) groups excluding carboxylic acids is 1. The van der Waals surface area contributed by atoms with Crippen LogP contribution in [0.2, 0.25) is 0 Å². The summed E-state index contributed by atoms with van der Waals surface area (Å²) in [5.74, 6) is 0. The van der Waals surface area contributed by atoms with Gasteiger partial charge >= 0.3 is 6.09 Å². The largest absolute Gasteiger partial charge is 0.453 e. The summed E-state index contributed by atoms with van der Waals surface area (Å²) >= 11 is 0. The number of alkyl carbamates (subject to hydrolysis) is 1. The summed E-state index contributed by atoms with van der Waals surface area (Å²) in [4.78, 5) is 11.1. The van der Waals surface area contributed by atoms with Gasteiger partial charge in [-0.2, -0.15) is 0 Å². The normalized spacial score (nSPS) is 11.9. The molecule has 0 aliphatic rings. The van der Waals surface area contributed by atoms with E-state index < -0.39 is 15.9 Å². The number of rotatable bonds is 6. The fourth-order valence-electron chi connectivity index (χ4n) is 1.65. The van der Waals surface area contributed by atoms with Crippen LogP contribution in [0.4, 0.5) is 4.79 Å². The molecule has 0 fully saturated rings. The minimum Gasteiger partial charge on any atom is -0.453 e. The lowest BCUT2D eigenvalue weighted by Crippen LogP contribution is -2.32. The summed E-state index contributed by atoms with van der Waals surface area (Å²) in [5, 5.41) is 5.78. The highest BCUT2D eigenvalue weighted by molar-refractivity contribution is 7.90. The molecule has 1 rings (SSSR count). The molecule has 0 saturated heterocycles. The Morgan fingerprint density at radius 1 is 1.17 bits per heavy atom. The number of methoxy groups -OCH3 is 1. The second kappa shape index (κ2) is 11.0. The number of hydrogen-bond donors (Lipinski definition) is 2. The minimum atomic E-state index is -3.16. The number of amides is 1. The molecule has 0 saturated carbocycles. The topological polar surface area (TPSA) is 84.5 Å². The van der Waals surface area contributed by atoms with Crippen LogP contribution in [-0.4, -0.2) is 41.0 Å². The van der Waals surface area contributed by atoms with Gasteiger partial charge in [-0.1, -0.05) is 32.4 Å². The SMILES string of the molecule is CCC.COC(=O)NCCNC(C)c1ccc(S(C)(=O)=O)cc1. The van der Waals surface area contributed by atoms with Crippen LogP contribution in [0, 0.1) is 0 Å². The van der Waals surface area contributed by atoms with Crippen LogP contribution >= 0.6 is 0 Å². The maximum atomic E-state index is 11.3. The third kappa shape index (κ3) is 9.20. The first-order valence-corrected chi connectivity index (χ1v) is 9.50. The Morgan fingerprint density at radius 3 is 2.13 bits per heavy atom. The van der Waals surface area contributed by atoms with E-state index in [2.05, 4.69) is 29.2 Å². The van der Waals surface area contributed by atoms with Gasteiger partial charge in [0, 0.05) is 25.4 Å². The van der Waals surface area contributed by atoms with E-state index in [9.17, 15) is 13.2 Å². The quantitative estimate of drug-likeness (QED) is 0.775. The van der Waals surface area contributed by atoms with E-state index in [4.69, 9.17) is 0 Å². The van der Waals surface area contributed by atoms with Gasteiger partial charge in [-0.05, 0) is 24.6 Å². The predicted octanol–water partition coefficient (Wildman–Crippen LogP) is 2.51. The second-order valence-electron chi connectivity index (χ2n) is 5.14. The van der Waals surface area contributed by atoms with Gasteiger partial charge in [-0.15, -0.1) is 0 Å². The summed E-state index contributed by atoms with van der Waals surface area (Å²) in [6.07, 6.45) is 1.97. The van der Waals surface area contributed by atoms with E-state index in [1.165, 1.54) is 19.8 Å². The number of benzene rings is 1. The van der Waals surface area contributed by atoms with Crippen LogP contribution in [0.15, 0.2) is 29.2 Å². The zero-order valence-electron chi connectivity index (χ0n) is 14.5. The average Bonchev–Trinajstić information content (AvgIpc) is 2.51. The summed E-state index contributed by atoms with van der Waals surface area (Å²) in [5.41, 5.74) is 0.982. The number of hydrogen-bond acceptors (Lipinski definition) is 5. The molecular formula is C16H28N2O4S. The number of carbonyl (C=O) groups is 1. The highest BCUT2D eigenvalue weighted by Crippen LogP contribution is 2.15. The van der Waals surface area contributed by atoms with Crippen molar-refractivity contribution in [3.63, 3.8) is 0 Å². The summed E-state index contributed by atoms with van der Waals surface area (Å²) in [7, 11) is -1.85. The van der Waals surface area contributed by atoms with Gasteiger partial charge in [-0.3, -0.25) is 0 Å². The average molecular weight is 344 g/mol. The lowest BCUT2D eigenvalue weighted by atomic mass is 10.1. The Hall–Kier alpha value is -1.60. The minimum absolute atomic E-state index is 0.0584. The van der Waals surface area contributed by atoms with Gasteiger partial charge in [0.1, 0.15) is 0 Å². The van der Waals surface area contributed by atoms with E-state index >= 15 is 0 Å². The third-order valence-electron chi connectivity index (χ3n) is 2.84. The Kier molecular flexibility index (Phi) is 10.2. The van der Waals surface area contributed by atoms with E-state index in [1.807, 2.05) is 6.92 Å². The number of nitrogens with one attached hydrogen (secondary N) is 2. The van der Waals surface area contributed by atoms with Gasteiger partial charge in [-0.25, -0.2) is 13.2 Å². The van der Waals surface area contributed by atoms with Gasteiger partial charge < -0.3 is 15.4 Å². The molecule has 1 aromatic carbocycles. The van der Waals surface area contributed by atoms with Crippen LogP contribution < -0.4 is 10.6 Å². The van der Waals surface area contributed by atoms with Crippen molar-refractivity contribution in [2.75, 3.05) is 26.5 Å². The molecule has 0 heterocycles. The highest BCUT2D eigenvalue weighted by Gasteiger charge is 2.09. The highest BCUT2D eigenvalue weighted by atomic mass is 32.2. The molecule has 1 aromatic rings. The zero-order valence-corrected chi connectivity index (χ0v) is 15.4. The van der Waals surface area contributed by atoms with Crippen molar-refractivity contribution >= 4 is 15.9 Å². The van der Waals surface area contributed by atoms with Crippen LogP contribution in [0.1, 0.15) is 38.8 Å². The summed E-state index contributed by atoms with van der Waals surface area (Å²) < 4.78 is 27.2. The molecule has 0 spiro atoms. The molecule has 7 heteroatoms. The van der Waals surface area contributed by atoms with Gasteiger partial charge in [0.15, 0.2) is 9.84 Å². The van der Waals surface area contributed by atoms with E-state index in [0.717, 1.165) is 5.56 Å². The molecule has 1 amide bonds. The Bertz CT molecular complexity index is 556. The second-order valence-corrected chi connectivity index (χ2v) is 7.16. The van der Waals surface area contributed by atoms with Crippen LogP contribution in [-0.2, 0) is 14.6 Å². The maximum absolute atomic E-state index is 11.3. The zero-order chi connectivity index (χ0) is 17.9. The van der Waals surface area contributed by atoms with Crippen molar-refractivity contribution in [2.45, 2.75) is 38.1 Å². The van der Waals surface area contributed by atoms with Crippen LogP contribution in [0.5, 0.6) is 0 Å². The molecule has 132 valence electrons. The molecule has 0 aliphatic carbocycles. The molecule has 2 N–H and O–H groups in total. The fourth-order valence-corrected chi connectivity index (χ4v) is 2.28. The van der Waals surface area contributed by atoms with E-state index in [-0.39, 0.29) is 6.04 Å². The fraction of sp³-hybridized carbons (Fsp3) is 0.562. The number of ether oxygens (including phenoxy) is 1. The van der Waals surface area contributed by atoms with Crippen molar-refractivity contribution in [3.8, 4) is 0 Å². The third-order valence-corrected chi connectivity index (χ3v) is 3.97.